The lowest BCUT2D eigenvalue weighted by Gasteiger charge is -2.09. The molecule has 0 fully saturated rings. The van der Waals surface area contributed by atoms with Crippen molar-refractivity contribution in [3.8, 4) is 11.5 Å². The van der Waals surface area contributed by atoms with Gasteiger partial charge in [0.25, 0.3) is 0 Å². The summed E-state index contributed by atoms with van der Waals surface area (Å²) in [6.45, 7) is 0.521. The van der Waals surface area contributed by atoms with E-state index in [9.17, 15) is 0 Å². The molecule has 6 heteroatoms. The Morgan fingerprint density at radius 1 is 1.25 bits per heavy atom. The first-order valence-corrected chi connectivity index (χ1v) is 4.75. The van der Waals surface area contributed by atoms with Crippen molar-refractivity contribution < 1.29 is 9.47 Å². The lowest BCUT2D eigenvalue weighted by atomic mass is 10.2. The van der Waals surface area contributed by atoms with Crippen molar-refractivity contribution in [2.24, 2.45) is 0 Å². The van der Waals surface area contributed by atoms with Crippen LogP contribution in [0, 0.1) is 0 Å². The molecule has 16 heavy (non-hydrogen) atoms. The van der Waals surface area contributed by atoms with E-state index in [0.29, 0.717) is 6.54 Å². The highest BCUT2D eigenvalue weighted by Gasteiger charge is 2.06. The van der Waals surface area contributed by atoms with Crippen molar-refractivity contribution in [3.63, 3.8) is 0 Å². The Bertz CT molecular complexity index is 456. The largest absolute Gasteiger partial charge is 0.497 e. The predicted octanol–water partition coefficient (Wildman–Crippen LogP) is 0.739. The van der Waals surface area contributed by atoms with E-state index in [0.717, 1.165) is 17.1 Å². The van der Waals surface area contributed by atoms with Gasteiger partial charge in [-0.05, 0) is 17.3 Å². The first kappa shape index (κ1) is 10.4. The normalized spacial score (nSPS) is 10.1. The maximum absolute atomic E-state index is 5.27. The SMILES string of the molecule is COc1ccc(Cn2ncnn2)c(OC)c1. The summed E-state index contributed by atoms with van der Waals surface area (Å²) in [5.41, 5.74) is 0.973. The van der Waals surface area contributed by atoms with Gasteiger partial charge in [-0.1, -0.05) is 0 Å². The highest BCUT2D eigenvalue weighted by atomic mass is 16.5. The number of aromatic nitrogens is 4. The van der Waals surface area contributed by atoms with Crippen molar-refractivity contribution >= 4 is 0 Å². The van der Waals surface area contributed by atoms with Gasteiger partial charge in [0, 0.05) is 11.6 Å². The molecule has 0 spiro atoms. The molecule has 1 aromatic carbocycles. The molecule has 2 rings (SSSR count). The van der Waals surface area contributed by atoms with E-state index in [2.05, 4.69) is 15.4 Å². The van der Waals surface area contributed by atoms with E-state index in [-0.39, 0.29) is 0 Å². The van der Waals surface area contributed by atoms with Gasteiger partial charge in [0.15, 0.2) is 6.33 Å². The zero-order valence-corrected chi connectivity index (χ0v) is 9.12. The molecule has 0 unspecified atom stereocenters. The Labute approximate surface area is 92.8 Å². The number of benzene rings is 1. The standard InChI is InChI=1S/C10H12N4O2/c1-15-9-4-3-8(10(5-9)16-2)6-14-12-7-11-13-14/h3-5,7H,6H2,1-2H3. The molecular weight excluding hydrogens is 208 g/mol. The average molecular weight is 220 g/mol. The zero-order valence-electron chi connectivity index (χ0n) is 9.12. The summed E-state index contributed by atoms with van der Waals surface area (Å²) in [5.74, 6) is 1.50. The maximum atomic E-state index is 5.27. The summed E-state index contributed by atoms with van der Waals surface area (Å²) in [5, 5.41) is 11.4. The Hall–Kier alpha value is -2.11. The molecule has 0 saturated heterocycles. The summed E-state index contributed by atoms with van der Waals surface area (Å²) in [6, 6.07) is 5.61. The first-order chi connectivity index (χ1) is 7.83. The molecule has 0 aliphatic heterocycles. The second-order valence-corrected chi connectivity index (χ2v) is 3.14. The molecule has 1 aromatic heterocycles. The van der Waals surface area contributed by atoms with Gasteiger partial charge in [0.05, 0.1) is 20.8 Å². The van der Waals surface area contributed by atoms with Crippen LogP contribution in [0.15, 0.2) is 24.5 Å². The Kier molecular flexibility index (Phi) is 3.00. The van der Waals surface area contributed by atoms with Crippen molar-refractivity contribution in [2.75, 3.05) is 14.2 Å². The maximum Gasteiger partial charge on any atom is 0.162 e. The number of hydrogen-bond donors (Lipinski definition) is 0. The van der Waals surface area contributed by atoms with Gasteiger partial charge in [-0.25, -0.2) is 0 Å². The van der Waals surface area contributed by atoms with Crippen LogP contribution in [0.2, 0.25) is 0 Å². The molecule has 0 N–H and O–H groups in total. The Balaban J connectivity index is 2.26. The second-order valence-electron chi connectivity index (χ2n) is 3.14. The monoisotopic (exact) mass is 220 g/mol. The predicted molar refractivity (Wildman–Crippen MR) is 56.5 cm³/mol. The highest BCUT2D eigenvalue weighted by Crippen LogP contribution is 2.24. The van der Waals surface area contributed by atoms with Crippen LogP contribution in [-0.4, -0.2) is 34.4 Å². The molecule has 2 aromatic rings. The van der Waals surface area contributed by atoms with Crippen LogP contribution in [-0.2, 0) is 6.54 Å². The molecule has 0 radical (unpaired) electrons. The number of tetrazole rings is 1. The van der Waals surface area contributed by atoms with Crippen molar-refractivity contribution in [1.29, 1.82) is 0 Å². The van der Waals surface area contributed by atoms with Gasteiger partial charge in [-0.3, -0.25) is 0 Å². The molecule has 0 aliphatic rings. The van der Waals surface area contributed by atoms with Gasteiger partial charge in [-0.2, -0.15) is 4.80 Å². The van der Waals surface area contributed by atoms with E-state index >= 15 is 0 Å². The Morgan fingerprint density at radius 3 is 2.75 bits per heavy atom. The van der Waals surface area contributed by atoms with E-state index in [1.807, 2.05) is 18.2 Å². The van der Waals surface area contributed by atoms with Crippen LogP contribution in [0.5, 0.6) is 11.5 Å². The summed E-state index contributed by atoms with van der Waals surface area (Å²) in [4.78, 5) is 1.49. The fourth-order valence-electron chi connectivity index (χ4n) is 1.40. The first-order valence-electron chi connectivity index (χ1n) is 4.75. The van der Waals surface area contributed by atoms with E-state index < -0.39 is 0 Å². The van der Waals surface area contributed by atoms with Gasteiger partial charge in [0.1, 0.15) is 11.5 Å². The van der Waals surface area contributed by atoms with Crippen molar-refractivity contribution in [2.45, 2.75) is 6.54 Å². The molecular formula is C10H12N4O2. The second kappa shape index (κ2) is 4.61. The highest BCUT2D eigenvalue weighted by molar-refractivity contribution is 5.40. The molecule has 0 amide bonds. The van der Waals surface area contributed by atoms with Gasteiger partial charge in [0.2, 0.25) is 0 Å². The van der Waals surface area contributed by atoms with Gasteiger partial charge >= 0.3 is 0 Å². The molecule has 0 bridgehead atoms. The van der Waals surface area contributed by atoms with Crippen LogP contribution in [0.3, 0.4) is 0 Å². The molecule has 6 nitrogen and oxygen atoms in total. The lowest BCUT2D eigenvalue weighted by molar-refractivity contribution is 0.388. The summed E-state index contributed by atoms with van der Waals surface area (Å²) >= 11 is 0. The smallest absolute Gasteiger partial charge is 0.162 e. The summed E-state index contributed by atoms with van der Waals surface area (Å²) in [7, 11) is 3.24. The third-order valence-corrected chi connectivity index (χ3v) is 2.20. The topological polar surface area (TPSA) is 62.1 Å². The van der Waals surface area contributed by atoms with Crippen LogP contribution < -0.4 is 9.47 Å². The van der Waals surface area contributed by atoms with Gasteiger partial charge in [-0.15, -0.1) is 10.2 Å². The number of rotatable bonds is 4. The molecule has 0 aliphatic carbocycles. The van der Waals surface area contributed by atoms with Crippen molar-refractivity contribution in [1.82, 2.24) is 20.2 Å². The number of ether oxygens (including phenoxy) is 2. The molecule has 1 heterocycles. The Morgan fingerprint density at radius 2 is 2.12 bits per heavy atom. The minimum absolute atomic E-state index is 0.521. The minimum atomic E-state index is 0.521. The van der Waals surface area contributed by atoms with E-state index in [1.54, 1.807) is 14.2 Å². The van der Waals surface area contributed by atoms with E-state index in [4.69, 9.17) is 9.47 Å². The number of methoxy groups -OCH3 is 2. The third-order valence-electron chi connectivity index (χ3n) is 2.20. The van der Waals surface area contributed by atoms with Crippen LogP contribution in [0.1, 0.15) is 5.56 Å². The molecule has 0 atom stereocenters. The van der Waals surface area contributed by atoms with Crippen LogP contribution in [0.4, 0.5) is 0 Å². The fourth-order valence-corrected chi connectivity index (χ4v) is 1.40. The zero-order chi connectivity index (χ0) is 11.4. The third kappa shape index (κ3) is 2.10. The number of hydrogen-bond acceptors (Lipinski definition) is 5. The molecule has 84 valence electrons. The number of nitrogens with zero attached hydrogens (tertiary/aromatic N) is 4. The minimum Gasteiger partial charge on any atom is -0.497 e. The molecule has 0 saturated carbocycles. The van der Waals surface area contributed by atoms with Crippen LogP contribution >= 0.6 is 0 Å². The summed E-state index contributed by atoms with van der Waals surface area (Å²) in [6.07, 6.45) is 1.40. The average Bonchev–Trinajstić information content (AvgIpc) is 2.82. The van der Waals surface area contributed by atoms with Gasteiger partial charge < -0.3 is 9.47 Å². The summed E-state index contributed by atoms with van der Waals surface area (Å²) < 4.78 is 10.4. The van der Waals surface area contributed by atoms with Crippen LogP contribution in [0.25, 0.3) is 0 Å². The quantitative estimate of drug-likeness (QED) is 0.760. The fraction of sp³-hybridized carbons (Fsp3) is 0.300. The van der Waals surface area contributed by atoms with Crippen molar-refractivity contribution in [3.05, 3.63) is 30.1 Å². The van der Waals surface area contributed by atoms with E-state index in [1.165, 1.54) is 11.1 Å². The lowest BCUT2D eigenvalue weighted by Crippen LogP contribution is -2.05.